The molecule has 1 amide bonds. The Kier molecular flexibility index (Phi) is 5.19. The number of carbonyl (C=O) groups excluding carboxylic acids is 1. The minimum absolute atomic E-state index is 0.231. The first kappa shape index (κ1) is 18.0. The fourth-order valence-electron chi connectivity index (χ4n) is 3.21. The smallest absolute Gasteiger partial charge is 0.258 e. The second-order valence-corrected chi connectivity index (χ2v) is 6.98. The fourth-order valence-corrected chi connectivity index (χ4v) is 3.21. The van der Waals surface area contributed by atoms with Crippen molar-refractivity contribution in [3.63, 3.8) is 0 Å². The monoisotopic (exact) mass is 373 g/mol. The second-order valence-electron chi connectivity index (χ2n) is 6.98. The van der Waals surface area contributed by atoms with Gasteiger partial charge in [-0.3, -0.25) is 4.79 Å². The van der Waals surface area contributed by atoms with Gasteiger partial charge in [-0.15, -0.1) is 0 Å². The SMILES string of the molecule is Cc1ccc(NC(=O)c2cnc(Nc3ccc(N4CCCC4)cc3)nc2)cc1. The molecule has 1 aromatic heterocycles. The number of benzene rings is 2. The van der Waals surface area contributed by atoms with Crippen LogP contribution in [0.5, 0.6) is 0 Å². The van der Waals surface area contributed by atoms with Crippen LogP contribution in [0.3, 0.4) is 0 Å². The minimum Gasteiger partial charge on any atom is -0.372 e. The van der Waals surface area contributed by atoms with Crippen molar-refractivity contribution in [3.8, 4) is 0 Å². The Bertz CT molecular complexity index is 930. The third kappa shape index (κ3) is 4.28. The Hall–Kier alpha value is -3.41. The number of carbonyl (C=O) groups is 1. The van der Waals surface area contributed by atoms with Gasteiger partial charge in [0.25, 0.3) is 5.91 Å². The molecular formula is C22H23N5O. The van der Waals surface area contributed by atoms with Crippen molar-refractivity contribution < 1.29 is 4.79 Å². The van der Waals surface area contributed by atoms with Crippen molar-refractivity contribution in [2.75, 3.05) is 28.6 Å². The molecule has 1 aliphatic heterocycles. The molecule has 2 N–H and O–H groups in total. The summed E-state index contributed by atoms with van der Waals surface area (Å²) in [5.74, 6) is 0.228. The quantitative estimate of drug-likeness (QED) is 0.694. The lowest BCUT2D eigenvalue weighted by molar-refractivity contribution is 0.102. The van der Waals surface area contributed by atoms with Crippen molar-refractivity contribution in [1.82, 2.24) is 9.97 Å². The average Bonchev–Trinajstić information content (AvgIpc) is 3.26. The van der Waals surface area contributed by atoms with Gasteiger partial charge in [-0.1, -0.05) is 17.7 Å². The molecule has 142 valence electrons. The maximum absolute atomic E-state index is 12.3. The van der Waals surface area contributed by atoms with E-state index in [4.69, 9.17) is 0 Å². The summed E-state index contributed by atoms with van der Waals surface area (Å²) in [6, 6.07) is 15.9. The molecule has 0 bridgehead atoms. The number of hydrogen-bond acceptors (Lipinski definition) is 5. The van der Waals surface area contributed by atoms with Crippen molar-refractivity contribution in [2.45, 2.75) is 19.8 Å². The average molecular weight is 373 g/mol. The van der Waals surface area contributed by atoms with E-state index in [0.29, 0.717) is 11.5 Å². The van der Waals surface area contributed by atoms with Gasteiger partial charge in [0.1, 0.15) is 0 Å². The largest absolute Gasteiger partial charge is 0.372 e. The molecule has 0 spiro atoms. The Morgan fingerprint density at radius 3 is 2.14 bits per heavy atom. The van der Waals surface area contributed by atoms with E-state index in [1.165, 1.54) is 30.9 Å². The van der Waals surface area contributed by atoms with E-state index in [1.807, 2.05) is 43.3 Å². The molecule has 6 nitrogen and oxygen atoms in total. The normalized spacial score (nSPS) is 13.4. The molecule has 2 heterocycles. The first-order valence-corrected chi connectivity index (χ1v) is 9.49. The van der Waals surface area contributed by atoms with Crippen LogP contribution < -0.4 is 15.5 Å². The van der Waals surface area contributed by atoms with E-state index in [1.54, 1.807) is 0 Å². The number of nitrogens with one attached hydrogen (secondary N) is 2. The number of aromatic nitrogens is 2. The second kappa shape index (κ2) is 8.08. The molecule has 2 aromatic carbocycles. The van der Waals surface area contributed by atoms with Crippen LogP contribution in [0, 0.1) is 6.92 Å². The summed E-state index contributed by atoms with van der Waals surface area (Å²) in [5, 5.41) is 6.01. The van der Waals surface area contributed by atoms with E-state index in [0.717, 1.165) is 30.0 Å². The molecule has 28 heavy (non-hydrogen) atoms. The Balaban J connectivity index is 1.37. The topological polar surface area (TPSA) is 70.2 Å². The molecule has 0 saturated carbocycles. The van der Waals surface area contributed by atoms with Crippen LogP contribution in [-0.2, 0) is 0 Å². The lowest BCUT2D eigenvalue weighted by Gasteiger charge is -2.17. The van der Waals surface area contributed by atoms with E-state index in [9.17, 15) is 4.79 Å². The number of hydrogen-bond donors (Lipinski definition) is 2. The number of rotatable bonds is 5. The third-order valence-electron chi connectivity index (χ3n) is 4.82. The first-order chi connectivity index (χ1) is 13.7. The van der Waals surface area contributed by atoms with E-state index in [2.05, 4.69) is 37.6 Å². The predicted molar refractivity (Wildman–Crippen MR) is 112 cm³/mol. The summed E-state index contributed by atoms with van der Waals surface area (Å²) in [7, 11) is 0. The zero-order chi connectivity index (χ0) is 19.3. The molecule has 0 atom stereocenters. The van der Waals surface area contributed by atoms with Crippen molar-refractivity contribution in [3.05, 3.63) is 72.1 Å². The molecule has 0 aliphatic carbocycles. The zero-order valence-corrected chi connectivity index (χ0v) is 15.9. The summed E-state index contributed by atoms with van der Waals surface area (Å²) in [6.07, 6.45) is 5.57. The molecule has 6 heteroatoms. The molecule has 1 aliphatic rings. The van der Waals surface area contributed by atoms with Crippen LogP contribution in [0.2, 0.25) is 0 Å². The maximum atomic E-state index is 12.3. The van der Waals surface area contributed by atoms with Crippen LogP contribution >= 0.6 is 0 Å². The van der Waals surface area contributed by atoms with Crippen LogP contribution in [0.15, 0.2) is 60.9 Å². The standard InChI is InChI=1S/C22H23N5O/c1-16-4-6-18(7-5-16)25-21(28)17-14-23-22(24-15-17)26-19-8-10-20(11-9-19)27-12-2-3-13-27/h4-11,14-15H,2-3,12-13H2,1H3,(H,25,28)(H,23,24,26). The lowest BCUT2D eigenvalue weighted by Crippen LogP contribution is -2.17. The molecule has 4 rings (SSSR count). The number of anilines is 4. The number of aryl methyl sites for hydroxylation is 1. The van der Waals surface area contributed by atoms with Gasteiger partial charge in [-0.2, -0.15) is 0 Å². The van der Waals surface area contributed by atoms with Gasteiger partial charge in [-0.25, -0.2) is 9.97 Å². The fraction of sp³-hybridized carbons (Fsp3) is 0.227. The maximum Gasteiger partial charge on any atom is 0.258 e. The summed E-state index contributed by atoms with van der Waals surface area (Å²) in [6.45, 7) is 4.26. The van der Waals surface area contributed by atoms with Gasteiger partial charge < -0.3 is 15.5 Å². The molecule has 1 fully saturated rings. The van der Waals surface area contributed by atoms with E-state index in [-0.39, 0.29) is 5.91 Å². The molecule has 1 saturated heterocycles. The van der Waals surface area contributed by atoms with Gasteiger partial charge in [0.15, 0.2) is 0 Å². The molecule has 3 aromatic rings. The van der Waals surface area contributed by atoms with Gasteiger partial charge >= 0.3 is 0 Å². The summed E-state index contributed by atoms with van der Waals surface area (Å²) in [5.41, 5.74) is 4.46. The van der Waals surface area contributed by atoms with Crippen LogP contribution in [0.25, 0.3) is 0 Å². The Morgan fingerprint density at radius 1 is 0.893 bits per heavy atom. The van der Waals surface area contributed by atoms with Gasteiger partial charge in [0.05, 0.1) is 5.56 Å². The summed E-state index contributed by atoms with van der Waals surface area (Å²) < 4.78 is 0. The highest BCUT2D eigenvalue weighted by molar-refractivity contribution is 6.03. The lowest BCUT2D eigenvalue weighted by atomic mass is 10.2. The van der Waals surface area contributed by atoms with Crippen LogP contribution in [-0.4, -0.2) is 29.0 Å². The Morgan fingerprint density at radius 2 is 1.50 bits per heavy atom. The van der Waals surface area contributed by atoms with Crippen LogP contribution in [0.1, 0.15) is 28.8 Å². The molecule has 0 radical (unpaired) electrons. The predicted octanol–water partition coefficient (Wildman–Crippen LogP) is 4.38. The zero-order valence-electron chi connectivity index (χ0n) is 15.9. The highest BCUT2D eigenvalue weighted by Gasteiger charge is 2.12. The number of amides is 1. The van der Waals surface area contributed by atoms with E-state index < -0.39 is 0 Å². The first-order valence-electron chi connectivity index (χ1n) is 9.49. The van der Waals surface area contributed by atoms with Crippen LogP contribution in [0.4, 0.5) is 23.0 Å². The van der Waals surface area contributed by atoms with Crippen molar-refractivity contribution in [2.24, 2.45) is 0 Å². The molecule has 0 unspecified atom stereocenters. The van der Waals surface area contributed by atoms with Gasteiger partial charge in [0.2, 0.25) is 5.95 Å². The van der Waals surface area contributed by atoms with Crippen molar-refractivity contribution in [1.29, 1.82) is 0 Å². The highest BCUT2D eigenvalue weighted by atomic mass is 16.1. The summed E-state index contributed by atoms with van der Waals surface area (Å²) >= 11 is 0. The number of nitrogens with zero attached hydrogens (tertiary/aromatic N) is 3. The minimum atomic E-state index is -0.231. The summed E-state index contributed by atoms with van der Waals surface area (Å²) in [4.78, 5) is 23.2. The van der Waals surface area contributed by atoms with Gasteiger partial charge in [-0.05, 0) is 56.2 Å². The van der Waals surface area contributed by atoms with Crippen molar-refractivity contribution >= 4 is 28.9 Å². The molecular weight excluding hydrogens is 350 g/mol. The van der Waals surface area contributed by atoms with E-state index >= 15 is 0 Å². The third-order valence-corrected chi connectivity index (χ3v) is 4.82. The highest BCUT2D eigenvalue weighted by Crippen LogP contribution is 2.23. The van der Waals surface area contributed by atoms with Gasteiger partial charge in [0, 0.05) is 42.5 Å². The Labute approximate surface area is 164 Å².